The van der Waals surface area contributed by atoms with E-state index in [0.29, 0.717) is 19.8 Å². The summed E-state index contributed by atoms with van der Waals surface area (Å²) in [5.41, 5.74) is 0.637. The van der Waals surface area contributed by atoms with Gasteiger partial charge in [0.15, 0.2) is 4.34 Å². The maximum absolute atomic E-state index is 11.5. The zero-order valence-electron chi connectivity index (χ0n) is 10.9. The Labute approximate surface area is 130 Å². The van der Waals surface area contributed by atoms with Gasteiger partial charge in [-0.05, 0) is 19.1 Å². The number of nitrogens with zero attached hydrogens (tertiary/aromatic N) is 1. The van der Waals surface area contributed by atoms with Gasteiger partial charge in [0.05, 0.1) is 17.0 Å². The van der Waals surface area contributed by atoms with Crippen LogP contribution in [0.5, 0.6) is 0 Å². The molecule has 0 bridgehead atoms. The van der Waals surface area contributed by atoms with Crippen LogP contribution in [0.4, 0.5) is 0 Å². The number of aliphatic carboxylic acids is 1. The van der Waals surface area contributed by atoms with Crippen LogP contribution in [-0.2, 0) is 21.2 Å². The van der Waals surface area contributed by atoms with Gasteiger partial charge in [-0.25, -0.2) is 18.5 Å². The molecule has 0 fully saturated rings. The lowest BCUT2D eigenvalue weighted by Gasteiger charge is -2.04. The van der Waals surface area contributed by atoms with Gasteiger partial charge in [0.1, 0.15) is 0 Å². The zero-order chi connectivity index (χ0) is 15.6. The van der Waals surface area contributed by atoms with Crippen LogP contribution in [0.3, 0.4) is 0 Å². The van der Waals surface area contributed by atoms with E-state index in [-0.39, 0.29) is 11.3 Å². The Bertz CT molecular complexity index is 784. The van der Waals surface area contributed by atoms with E-state index in [1.54, 1.807) is 25.1 Å². The summed E-state index contributed by atoms with van der Waals surface area (Å²) in [6.07, 6.45) is -0.0963. The monoisotopic (exact) mass is 344 g/mol. The Balaban J connectivity index is 2.33. The van der Waals surface area contributed by atoms with Crippen molar-refractivity contribution in [1.82, 2.24) is 4.98 Å². The third kappa shape index (κ3) is 4.03. The molecule has 0 saturated carbocycles. The fourth-order valence-corrected chi connectivity index (χ4v) is 4.91. The Hall–Kier alpha value is -1.42. The molecule has 3 N–H and O–H groups in total. The van der Waals surface area contributed by atoms with E-state index in [4.69, 9.17) is 10.2 Å². The number of carbonyl (C=O) groups is 1. The average molecular weight is 344 g/mol. The number of aryl methyl sites for hydroxylation is 1. The molecule has 1 heterocycles. The van der Waals surface area contributed by atoms with Crippen LogP contribution in [0.15, 0.2) is 38.4 Å². The van der Waals surface area contributed by atoms with Crippen molar-refractivity contribution in [2.75, 3.05) is 0 Å². The minimum absolute atomic E-state index is 0.0302. The van der Waals surface area contributed by atoms with Gasteiger partial charge in [0.2, 0.25) is 10.0 Å². The number of hydrogen-bond acceptors (Lipinski definition) is 6. The predicted molar refractivity (Wildman–Crippen MR) is 80.1 cm³/mol. The predicted octanol–water partition coefficient (Wildman–Crippen LogP) is 1.88. The van der Waals surface area contributed by atoms with Gasteiger partial charge in [0.25, 0.3) is 0 Å². The van der Waals surface area contributed by atoms with Crippen molar-refractivity contribution >= 4 is 39.1 Å². The highest BCUT2D eigenvalue weighted by atomic mass is 32.2. The summed E-state index contributed by atoms with van der Waals surface area (Å²) in [5, 5.41) is 14.0. The highest BCUT2D eigenvalue weighted by Crippen LogP contribution is 2.36. The Morgan fingerprint density at radius 1 is 1.43 bits per heavy atom. The quantitative estimate of drug-likeness (QED) is 0.857. The van der Waals surface area contributed by atoms with Gasteiger partial charge in [0, 0.05) is 9.77 Å². The molecule has 112 valence electrons. The van der Waals surface area contributed by atoms with Crippen molar-refractivity contribution < 1.29 is 18.3 Å². The first-order valence-electron chi connectivity index (χ1n) is 5.75. The van der Waals surface area contributed by atoms with Crippen LogP contribution in [0.25, 0.3) is 0 Å². The molecule has 1 aromatic heterocycles. The largest absolute Gasteiger partial charge is 0.481 e. The number of thiazole rings is 1. The molecule has 0 spiro atoms. The molecule has 0 atom stereocenters. The number of benzene rings is 1. The molecule has 6 nitrogen and oxygen atoms in total. The first-order valence-corrected chi connectivity index (χ1v) is 8.93. The SMILES string of the molecule is Cc1nc(Sc2ccccc2S(N)(=O)=O)sc1CC(=O)O. The molecule has 0 aliphatic carbocycles. The van der Waals surface area contributed by atoms with Gasteiger partial charge in [-0.1, -0.05) is 23.9 Å². The summed E-state index contributed by atoms with van der Waals surface area (Å²) in [4.78, 5) is 16.2. The molecular weight excluding hydrogens is 332 g/mol. The minimum Gasteiger partial charge on any atom is -0.481 e. The number of sulfonamides is 1. The van der Waals surface area contributed by atoms with E-state index >= 15 is 0 Å². The summed E-state index contributed by atoms with van der Waals surface area (Å²) in [6, 6.07) is 6.36. The van der Waals surface area contributed by atoms with Crippen molar-refractivity contribution in [3.8, 4) is 0 Å². The van der Waals surface area contributed by atoms with E-state index in [1.807, 2.05) is 0 Å². The second-order valence-corrected chi connectivity index (χ2v) is 8.06. The van der Waals surface area contributed by atoms with Crippen molar-refractivity contribution in [2.45, 2.75) is 27.5 Å². The second kappa shape index (κ2) is 6.14. The molecule has 0 saturated heterocycles. The first-order chi connectivity index (χ1) is 9.77. The lowest BCUT2D eigenvalue weighted by molar-refractivity contribution is -0.136. The summed E-state index contributed by atoms with van der Waals surface area (Å²) in [5.74, 6) is -0.928. The lowest BCUT2D eigenvalue weighted by atomic mass is 10.3. The van der Waals surface area contributed by atoms with E-state index < -0.39 is 16.0 Å². The number of rotatable bonds is 5. The van der Waals surface area contributed by atoms with Crippen LogP contribution < -0.4 is 5.14 Å². The fraction of sp³-hybridized carbons (Fsp3) is 0.167. The van der Waals surface area contributed by atoms with Crippen molar-refractivity contribution in [1.29, 1.82) is 0 Å². The number of aromatic nitrogens is 1. The molecule has 9 heteroatoms. The standard InChI is InChI=1S/C12H12N2O4S3/c1-7-9(6-11(15)16)20-12(14-7)19-8-4-2-3-5-10(8)21(13,17)18/h2-5H,6H2,1H3,(H,15,16)(H2,13,17,18). The van der Waals surface area contributed by atoms with Gasteiger partial charge < -0.3 is 5.11 Å². The van der Waals surface area contributed by atoms with Crippen molar-refractivity contribution in [3.05, 3.63) is 34.8 Å². The first kappa shape index (κ1) is 16.0. The molecule has 1 aromatic carbocycles. The minimum atomic E-state index is -3.81. The molecule has 0 aliphatic heterocycles. The van der Waals surface area contributed by atoms with Crippen LogP contribution >= 0.6 is 23.1 Å². The molecule has 0 unspecified atom stereocenters. The van der Waals surface area contributed by atoms with Crippen LogP contribution in [-0.4, -0.2) is 24.5 Å². The summed E-state index contributed by atoms with van der Waals surface area (Å²) in [6.45, 7) is 1.73. The number of carboxylic acids is 1. The molecule has 0 amide bonds. The molecule has 2 rings (SSSR count). The van der Waals surface area contributed by atoms with Gasteiger partial charge in [-0.2, -0.15) is 0 Å². The highest BCUT2D eigenvalue weighted by Gasteiger charge is 2.17. The maximum Gasteiger partial charge on any atom is 0.308 e. The molecule has 0 radical (unpaired) electrons. The smallest absolute Gasteiger partial charge is 0.308 e. The third-order valence-corrected chi connectivity index (χ3v) is 5.93. The molecule has 21 heavy (non-hydrogen) atoms. The molecule has 2 aromatic rings. The van der Waals surface area contributed by atoms with Crippen LogP contribution in [0.2, 0.25) is 0 Å². The molecule has 0 aliphatic rings. The number of nitrogens with two attached hydrogens (primary N) is 1. The Morgan fingerprint density at radius 2 is 2.10 bits per heavy atom. The topological polar surface area (TPSA) is 110 Å². The normalized spacial score (nSPS) is 11.5. The number of carboxylic acid groups (broad SMARTS) is 1. The summed E-state index contributed by atoms with van der Waals surface area (Å²) in [7, 11) is -3.81. The third-order valence-electron chi connectivity index (χ3n) is 2.54. The highest BCUT2D eigenvalue weighted by molar-refractivity contribution is 8.01. The number of hydrogen-bond donors (Lipinski definition) is 2. The van der Waals surface area contributed by atoms with Crippen molar-refractivity contribution in [2.24, 2.45) is 5.14 Å². The van der Waals surface area contributed by atoms with Crippen LogP contribution in [0, 0.1) is 6.92 Å². The van der Waals surface area contributed by atoms with Gasteiger partial charge in [-0.3, -0.25) is 4.79 Å². The fourth-order valence-electron chi connectivity index (χ4n) is 1.61. The van der Waals surface area contributed by atoms with E-state index in [0.717, 1.165) is 11.8 Å². The average Bonchev–Trinajstić information content (AvgIpc) is 2.68. The van der Waals surface area contributed by atoms with E-state index in [9.17, 15) is 13.2 Å². The van der Waals surface area contributed by atoms with Crippen LogP contribution in [0.1, 0.15) is 10.6 Å². The van der Waals surface area contributed by atoms with Gasteiger partial charge in [-0.15, -0.1) is 11.3 Å². The van der Waals surface area contributed by atoms with E-state index in [1.165, 1.54) is 17.4 Å². The zero-order valence-corrected chi connectivity index (χ0v) is 13.4. The lowest BCUT2D eigenvalue weighted by Crippen LogP contribution is -2.13. The Morgan fingerprint density at radius 3 is 2.71 bits per heavy atom. The maximum atomic E-state index is 11.5. The van der Waals surface area contributed by atoms with E-state index in [2.05, 4.69) is 4.98 Å². The van der Waals surface area contributed by atoms with Gasteiger partial charge >= 0.3 is 5.97 Å². The van der Waals surface area contributed by atoms with Crippen molar-refractivity contribution in [3.63, 3.8) is 0 Å². The number of primary sulfonamides is 1. The molecular formula is C12H12N2O4S3. The second-order valence-electron chi connectivity index (χ2n) is 4.15. The summed E-state index contributed by atoms with van der Waals surface area (Å²) < 4.78 is 23.6. The Kier molecular flexibility index (Phi) is 4.67. The summed E-state index contributed by atoms with van der Waals surface area (Å²) >= 11 is 2.40.